The van der Waals surface area contributed by atoms with Gasteiger partial charge in [-0.3, -0.25) is 9.78 Å². The first kappa shape index (κ1) is 37.5. The van der Waals surface area contributed by atoms with Crippen molar-refractivity contribution >= 4 is 59.9 Å². The Morgan fingerprint density at radius 3 is 2.19 bits per heavy atom. The van der Waals surface area contributed by atoms with Gasteiger partial charge in [-0.1, -0.05) is 91.5 Å². The van der Waals surface area contributed by atoms with E-state index in [1.54, 1.807) is 11.3 Å². The maximum absolute atomic E-state index is 12.2. The van der Waals surface area contributed by atoms with Gasteiger partial charge < -0.3 is 9.52 Å². The zero-order valence-electron chi connectivity index (χ0n) is 29.7. The number of ketones is 1. The van der Waals surface area contributed by atoms with E-state index in [0.717, 1.165) is 58.9 Å². The van der Waals surface area contributed by atoms with Gasteiger partial charge in [0, 0.05) is 69.8 Å². The van der Waals surface area contributed by atoms with Crippen LogP contribution in [0.4, 0.5) is 0 Å². The van der Waals surface area contributed by atoms with Gasteiger partial charge in [0.1, 0.15) is 16.9 Å². The van der Waals surface area contributed by atoms with Gasteiger partial charge >= 0.3 is 0 Å². The normalized spacial score (nSPS) is 12.7. The molecule has 0 aliphatic rings. The van der Waals surface area contributed by atoms with Crippen LogP contribution in [0, 0.1) is 16.9 Å². The van der Waals surface area contributed by atoms with Crippen molar-refractivity contribution in [1.29, 1.82) is 0 Å². The summed E-state index contributed by atoms with van der Waals surface area (Å²) < 4.78 is 7.65. The minimum Gasteiger partial charge on any atom is -0.512 e. The first-order chi connectivity index (χ1) is 22.3. The smallest absolute Gasteiger partial charge is 0.164 e. The van der Waals surface area contributed by atoms with E-state index >= 15 is 0 Å². The number of carbonyl (C=O) groups excluding carboxylic acids is 1. The summed E-state index contributed by atoms with van der Waals surface area (Å²) in [5.74, 6) is 0.286. The summed E-state index contributed by atoms with van der Waals surface area (Å²) in [5, 5.41) is 18.1. The Morgan fingerprint density at radius 2 is 1.54 bits per heavy atom. The number of aromatic nitrogens is 1. The maximum atomic E-state index is 12.2. The zero-order valence-corrected chi connectivity index (χ0v) is 32.9. The van der Waals surface area contributed by atoms with Crippen LogP contribution in [0.2, 0.25) is 0 Å². The Kier molecular flexibility index (Phi) is 11.5. The van der Waals surface area contributed by atoms with Crippen molar-refractivity contribution in [2.24, 2.45) is 10.8 Å². The van der Waals surface area contributed by atoms with Crippen LogP contribution in [0.15, 0.2) is 82.4 Å². The number of allylic oxidation sites excluding steroid dienone is 2. The molecule has 3 aromatic carbocycles. The molecule has 3 aromatic heterocycles. The number of hydrogen-bond acceptors (Lipinski definition) is 5. The first-order valence-electron chi connectivity index (χ1n) is 16.9. The van der Waals surface area contributed by atoms with E-state index in [1.165, 1.54) is 32.5 Å². The van der Waals surface area contributed by atoms with Gasteiger partial charge in [-0.25, -0.2) is 0 Å². The second kappa shape index (κ2) is 14.7. The van der Waals surface area contributed by atoms with Crippen LogP contribution in [0.5, 0.6) is 0 Å². The van der Waals surface area contributed by atoms with E-state index in [9.17, 15) is 9.90 Å². The molecule has 4 nitrogen and oxygen atoms in total. The van der Waals surface area contributed by atoms with Crippen LogP contribution in [0.1, 0.15) is 93.6 Å². The molecule has 48 heavy (non-hydrogen) atoms. The van der Waals surface area contributed by atoms with E-state index < -0.39 is 0 Å². The van der Waals surface area contributed by atoms with Crippen molar-refractivity contribution in [1.82, 2.24) is 4.98 Å². The molecule has 3 heterocycles. The molecule has 0 amide bonds. The Morgan fingerprint density at radius 1 is 0.875 bits per heavy atom. The molecule has 0 saturated carbocycles. The summed E-state index contributed by atoms with van der Waals surface area (Å²) >= 11 is 1.76. The average molecular weight is 839 g/mol. The van der Waals surface area contributed by atoms with Gasteiger partial charge in [0.25, 0.3) is 0 Å². The maximum Gasteiger partial charge on any atom is 0.164 e. The third-order valence-electron chi connectivity index (χ3n) is 10.4. The quantitative estimate of drug-likeness (QED) is 0.0942. The zero-order chi connectivity index (χ0) is 34.1. The summed E-state index contributed by atoms with van der Waals surface area (Å²) in [4.78, 5) is 16.9. The fraction of sp³-hybridized carbons (Fsp3) is 0.381. The Bertz CT molecular complexity index is 2090. The van der Waals surface area contributed by atoms with Crippen molar-refractivity contribution < 1.29 is 34.4 Å². The summed E-state index contributed by atoms with van der Waals surface area (Å²) in [5.41, 5.74) is 4.26. The standard InChI is InChI=1S/C27H20NOS.C15H28O2.Ir/c1-27(2,3)21-15-17(14-16-6-4-5-7-18(16)21)25-26-20(10-12-28-25)24-19-11-13-30-23(19)9-8-22(24)29-26;1-7-14(5,8-2)12(16)11-13(17)15(6,9-3)10-4;/h4-13,15H,1-3H3;11,16H,7-10H2,1-6H3;/q-1;;/b;12-11-;. The number of fused-ring (bicyclic) bond motifs is 6. The summed E-state index contributed by atoms with van der Waals surface area (Å²) in [6, 6.07) is 22.8. The van der Waals surface area contributed by atoms with E-state index in [2.05, 4.69) is 86.8 Å². The predicted octanol–water partition coefficient (Wildman–Crippen LogP) is 12.8. The fourth-order valence-corrected chi connectivity index (χ4v) is 6.89. The Hall–Kier alpha value is -3.31. The number of hydrogen-bond donors (Lipinski definition) is 1. The molecule has 6 rings (SSSR count). The van der Waals surface area contributed by atoms with Crippen LogP contribution in [-0.2, 0) is 30.3 Å². The number of rotatable bonds is 8. The topological polar surface area (TPSA) is 63.3 Å². The number of aliphatic hydroxyl groups excluding tert-OH is 1. The second-order valence-corrected chi connectivity index (χ2v) is 15.2. The van der Waals surface area contributed by atoms with Gasteiger partial charge in [0.05, 0.1) is 0 Å². The minimum atomic E-state index is -0.337. The van der Waals surface area contributed by atoms with Crippen LogP contribution in [0.25, 0.3) is 54.1 Å². The molecule has 1 N–H and O–H groups in total. The van der Waals surface area contributed by atoms with Gasteiger partial charge in [-0.2, -0.15) is 0 Å². The van der Waals surface area contributed by atoms with Crippen molar-refractivity contribution in [3.8, 4) is 11.3 Å². The Balaban J connectivity index is 0.000000251. The van der Waals surface area contributed by atoms with E-state index in [4.69, 9.17) is 9.40 Å². The summed E-state index contributed by atoms with van der Waals surface area (Å²) in [7, 11) is 0. The number of carbonyl (C=O) groups is 1. The SMILES string of the molecule is CC(C)(C)c1cc(-c2nccc3c2oc2ccc4sccc4c23)[c-]c2ccccc12.CCC(C)(CC)C(=O)/C=C(\O)C(C)(CC)CC.[Ir]. The molecule has 0 aliphatic carbocycles. The van der Waals surface area contributed by atoms with Crippen LogP contribution in [-0.4, -0.2) is 15.9 Å². The molecular weight excluding hydrogens is 791 g/mol. The van der Waals surface area contributed by atoms with Crippen LogP contribution >= 0.6 is 11.3 Å². The number of pyridine rings is 1. The second-order valence-electron chi connectivity index (χ2n) is 14.2. The number of furan rings is 1. The van der Waals surface area contributed by atoms with Crippen molar-refractivity contribution in [3.63, 3.8) is 0 Å². The monoisotopic (exact) mass is 839 g/mol. The fourth-order valence-electron chi connectivity index (χ4n) is 6.10. The molecule has 0 unspecified atom stereocenters. The number of thiophene rings is 1. The van der Waals surface area contributed by atoms with Crippen molar-refractivity contribution in [2.75, 3.05) is 0 Å². The van der Waals surface area contributed by atoms with E-state index in [-0.39, 0.29) is 47.9 Å². The Labute approximate surface area is 303 Å². The largest absolute Gasteiger partial charge is 0.512 e. The van der Waals surface area contributed by atoms with Crippen molar-refractivity contribution in [2.45, 2.75) is 93.4 Å². The molecule has 1 radical (unpaired) electrons. The van der Waals surface area contributed by atoms with Gasteiger partial charge in [-0.15, -0.1) is 40.5 Å². The molecule has 0 saturated heterocycles. The third kappa shape index (κ3) is 7.04. The number of benzene rings is 3. The number of aliphatic hydroxyl groups is 1. The van der Waals surface area contributed by atoms with E-state index in [0.29, 0.717) is 0 Å². The third-order valence-corrected chi connectivity index (χ3v) is 11.3. The molecule has 0 bridgehead atoms. The van der Waals surface area contributed by atoms with Gasteiger partial charge in [0.2, 0.25) is 0 Å². The summed E-state index contributed by atoms with van der Waals surface area (Å²) in [6.07, 6.45) is 6.64. The van der Waals surface area contributed by atoms with Gasteiger partial charge in [-0.05, 0) is 60.7 Å². The van der Waals surface area contributed by atoms with Crippen molar-refractivity contribution in [3.05, 3.63) is 89.6 Å². The molecule has 0 aliphatic heterocycles. The molecule has 6 heteroatoms. The molecular formula is C42H48IrNO3S-. The molecule has 6 aromatic rings. The first-order valence-corrected chi connectivity index (χ1v) is 17.8. The minimum absolute atomic E-state index is 0. The van der Waals surface area contributed by atoms with Crippen LogP contribution in [0.3, 0.4) is 0 Å². The molecule has 0 spiro atoms. The summed E-state index contributed by atoms with van der Waals surface area (Å²) in [6.45, 7) is 18.8. The van der Waals surface area contributed by atoms with E-state index in [1.807, 2.05) is 47.7 Å². The molecule has 255 valence electrons. The molecule has 0 fully saturated rings. The molecule has 0 atom stereocenters. The predicted molar refractivity (Wildman–Crippen MR) is 200 cm³/mol. The van der Waals surface area contributed by atoms with Crippen LogP contribution < -0.4 is 0 Å². The average Bonchev–Trinajstić information content (AvgIpc) is 3.71. The number of nitrogens with zero attached hydrogens (tertiary/aromatic N) is 1. The van der Waals surface area contributed by atoms with Gasteiger partial charge in [0.15, 0.2) is 5.78 Å².